The van der Waals surface area contributed by atoms with Gasteiger partial charge in [-0.15, -0.1) is 0 Å². The summed E-state index contributed by atoms with van der Waals surface area (Å²) in [7, 11) is 0. The SMILES string of the molecule is CC(C)(C)N(c1ccc(N(c2ccc(N(C(C)(C)C)C(C)(C)C)cc2)c2ccc(N(C(C)(C)C)C(C)(C)C)cc2)cc1)C(C)(C)C. The summed E-state index contributed by atoms with van der Waals surface area (Å²) in [6, 6.07) is 27.3. The highest BCUT2D eigenvalue weighted by atomic mass is 15.3. The van der Waals surface area contributed by atoms with Crippen molar-refractivity contribution >= 4 is 34.1 Å². The van der Waals surface area contributed by atoms with Crippen LogP contribution in [0.3, 0.4) is 0 Å². The van der Waals surface area contributed by atoms with Crippen molar-refractivity contribution in [2.75, 3.05) is 19.6 Å². The van der Waals surface area contributed by atoms with Crippen molar-refractivity contribution < 1.29 is 0 Å². The van der Waals surface area contributed by atoms with Gasteiger partial charge in [-0.2, -0.15) is 0 Å². The molecule has 0 spiro atoms. The van der Waals surface area contributed by atoms with E-state index in [4.69, 9.17) is 0 Å². The third kappa shape index (κ3) is 8.60. The van der Waals surface area contributed by atoms with Gasteiger partial charge >= 0.3 is 0 Å². The normalized spacial score (nSPS) is 13.4. The Bertz CT molecular complexity index is 1190. The maximum Gasteiger partial charge on any atom is 0.0463 e. The van der Waals surface area contributed by atoms with E-state index in [2.05, 4.69) is 217 Å². The van der Waals surface area contributed by atoms with Crippen molar-refractivity contribution in [3.8, 4) is 0 Å². The molecule has 0 amide bonds. The van der Waals surface area contributed by atoms with Gasteiger partial charge in [0.05, 0.1) is 0 Å². The van der Waals surface area contributed by atoms with Gasteiger partial charge in [-0.25, -0.2) is 0 Å². The lowest BCUT2D eigenvalue weighted by Gasteiger charge is -2.47. The summed E-state index contributed by atoms with van der Waals surface area (Å²) >= 11 is 0. The minimum atomic E-state index is -0.0108. The summed E-state index contributed by atoms with van der Waals surface area (Å²) in [5.74, 6) is 0. The molecule has 0 bridgehead atoms. The van der Waals surface area contributed by atoms with E-state index >= 15 is 0 Å². The molecule has 254 valence electrons. The molecule has 0 atom stereocenters. The van der Waals surface area contributed by atoms with Crippen LogP contribution < -0.4 is 19.6 Å². The maximum absolute atomic E-state index is 2.51. The van der Waals surface area contributed by atoms with Gasteiger partial charge in [0.2, 0.25) is 0 Å². The molecule has 0 heterocycles. The topological polar surface area (TPSA) is 13.0 Å². The zero-order chi connectivity index (χ0) is 35.3. The number of nitrogens with zero attached hydrogens (tertiary/aromatic N) is 4. The lowest BCUT2D eigenvalue weighted by molar-refractivity contribution is 0.380. The van der Waals surface area contributed by atoms with Gasteiger partial charge in [-0.3, -0.25) is 0 Å². The molecule has 0 aliphatic rings. The van der Waals surface area contributed by atoms with Gasteiger partial charge in [-0.1, -0.05) is 0 Å². The molecule has 0 saturated carbocycles. The summed E-state index contributed by atoms with van der Waals surface area (Å²) < 4.78 is 0. The van der Waals surface area contributed by atoms with Crippen molar-refractivity contribution in [3.63, 3.8) is 0 Å². The first-order valence-corrected chi connectivity index (χ1v) is 17.1. The number of hydrogen-bond donors (Lipinski definition) is 0. The molecule has 3 aromatic rings. The van der Waals surface area contributed by atoms with Crippen LogP contribution >= 0.6 is 0 Å². The molecule has 0 saturated heterocycles. The lowest BCUT2D eigenvalue weighted by atomic mass is 9.94. The molecule has 0 fully saturated rings. The van der Waals surface area contributed by atoms with E-state index in [1.165, 1.54) is 17.1 Å². The second kappa shape index (κ2) is 12.5. The fraction of sp³-hybridized carbons (Fsp3) is 0.571. The Kier molecular flexibility index (Phi) is 10.1. The Morgan fingerprint density at radius 2 is 0.370 bits per heavy atom. The van der Waals surface area contributed by atoms with E-state index in [1.807, 2.05) is 0 Å². The molecular formula is C42H66N4. The number of anilines is 6. The first-order valence-electron chi connectivity index (χ1n) is 17.1. The Balaban J connectivity index is 2.19. The summed E-state index contributed by atoms with van der Waals surface area (Å²) in [6.45, 7) is 41.2. The van der Waals surface area contributed by atoms with E-state index in [-0.39, 0.29) is 33.2 Å². The lowest BCUT2D eigenvalue weighted by Crippen LogP contribution is -2.53. The molecule has 0 aromatic heterocycles. The van der Waals surface area contributed by atoms with Crippen molar-refractivity contribution in [3.05, 3.63) is 72.8 Å². The minimum Gasteiger partial charge on any atom is -0.362 e. The Morgan fingerprint density at radius 1 is 0.239 bits per heavy atom. The van der Waals surface area contributed by atoms with Crippen LogP contribution in [0.1, 0.15) is 125 Å². The van der Waals surface area contributed by atoms with Crippen LogP contribution in [0.15, 0.2) is 72.8 Å². The standard InChI is InChI=1S/C42H66N4/c1-37(2,3)44(38(4,5)6)34-25-19-31(20-26-34)43(32-21-27-35(28-22-32)45(39(7,8)9)40(10,11)12)33-23-29-36(30-24-33)46(41(13,14)15)42(16,17)18/h19-30H,1-18H3. The summed E-state index contributed by atoms with van der Waals surface area (Å²) in [5, 5.41) is 0. The molecule has 3 aromatic carbocycles. The highest BCUT2D eigenvalue weighted by Crippen LogP contribution is 2.41. The van der Waals surface area contributed by atoms with Crippen molar-refractivity contribution in [2.45, 2.75) is 158 Å². The van der Waals surface area contributed by atoms with Crippen LogP contribution in [0.4, 0.5) is 34.1 Å². The Labute approximate surface area is 283 Å². The van der Waals surface area contributed by atoms with Crippen LogP contribution in [0, 0.1) is 0 Å². The fourth-order valence-corrected chi connectivity index (χ4v) is 8.04. The average Bonchev–Trinajstić information content (AvgIpc) is 2.82. The molecule has 0 N–H and O–H groups in total. The molecule has 0 radical (unpaired) electrons. The van der Waals surface area contributed by atoms with Crippen LogP contribution in [0.2, 0.25) is 0 Å². The van der Waals surface area contributed by atoms with Gasteiger partial charge < -0.3 is 19.6 Å². The van der Waals surface area contributed by atoms with Gasteiger partial charge in [-0.05, 0) is 197 Å². The Morgan fingerprint density at radius 3 is 0.500 bits per heavy atom. The minimum absolute atomic E-state index is 0.0108. The number of hydrogen-bond acceptors (Lipinski definition) is 4. The maximum atomic E-state index is 2.51. The van der Waals surface area contributed by atoms with Gasteiger partial charge in [0, 0.05) is 67.4 Å². The summed E-state index contributed by atoms with van der Waals surface area (Å²) in [5.41, 5.74) is 7.03. The number of benzene rings is 3. The van der Waals surface area contributed by atoms with E-state index in [1.54, 1.807) is 0 Å². The molecule has 0 aliphatic carbocycles. The predicted octanol–water partition coefficient (Wildman–Crippen LogP) is 12.4. The van der Waals surface area contributed by atoms with Gasteiger partial charge in [0.25, 0.3) is 0 Å². The fourth-order valence-electron chi connectivity index (χ4n) is 8.04. The molecular weight excluding hydrogens is 560 g/mol. The third-order valence-electron chi connectivity index (χ3n) is 8.12. The van der Waals surface area contributed by atoms with Crippen molar-refractivity contribution in [1.82, 2.24) is 0 Å². The zero-order valence-corrected chi connectivity index (χ0v) is 32.7. The molecule has 0 unspecified atom stereocenters. The van der Waals surface area contributed by atoms with E-state index < -0.39 is 0 Å². The summed E-state index contributed by atoms with van der Waals surface area (Å²) in [6.07, 6.45) is 0. The van der Waals surface area contributed by atoms with Crippen molar-refractivity contribution in [1.29, 1.82) is 0 Å². The Hall–Kier alpha value is -3.14. The first-order chi connectivity index (χ1) is 20.6. The van der Waals surface area contributed by atoms with Crippen LogP contribution in [0.25, 0.3) is 0 Å². The monoisotopic (exact) mass is 627 g/mol. The van der Waals surface area contributed by atoms with Crippen molar-refractivity contribution in [2.24, 2.45) is 0 Å². The highest BCUT2D eigenvalue weighted by Gasteiger charge is 2.34. The number of rotatable bonds is 6. The van der Waals surface area contributed by atoms with E-state index in [0.717, 1.165) is 17.1 Å². The van der Waals surface area contributed by atoms with Crippen LogP contribution in [-0.4, -0.2) is 33.2 Å². The second-order valence-corrected chi connectivity index (χ2v) is 18.9. The van der Waals surface area contributed by atoms with Gasteiger partial charge in [0.15, 0.2) is 0 Å². The highest BCUT2D eigenvalue weighted by molar-refractivity contribution is 5.79. The van der Waals surface area contributed by atoms with E-state index in [9.17, 15) is 0 Å². The molecule has 4 nitrogen and oxygen atoms in total. The third-order valence-corrected chi connectivity index (χ3v) is 8.12. The summed E-state index contributed by atoms with van der Waals surface area (Å²) in [4.78, 5) is 9.92. The van der Waals surface area contributed by atoms with Crippen LogP contribution in [-0.2, 0) is 0 Å². The quantitative estimate of drug-likeness (QED) is 0.270. The molecule has 46 heavy (non-hydrogen) atoms. The van der Waals surface area contributed by atoms with Gasteiger partial charge in [0.1, 0.15) is 0 Å². The molecule has 3 rings (SSSR count). The molecule has 0 aliphatic heterocycles. The average molecular weight is 627 g/mol. The van der Waals surface area contributed by atoms with E-state index in [0.29, 0.717) is 0 Å². The second-order valence-electron chi connectivity index (χ2n) is 18.9. The molecule has 4 heteroatoms. The zero-order valence-electron chi connectivity index (χ0n) is 32.7. The largest absolute Gasteiger partial charge is 0.362 e. The smallest absolute Gasteiger partial charge is 0.0463 e. The predicted molar refractivity (Wildman–Crippen MR) is 207 cm³/mol. The van der Waals surface area contributed by atoms with Crippen LogP contribution in [0.5, 0.6) is 0 Å². The first kappa shape index (κ1) is 37.3.